The van der Waals surface area contributed by atoms with Crippen molar-refractivity contribution < 1.29 is 14.6 Å². The zero-order valence-electron chi connectivity index (χ0n) is 12.1. The average molecular weight is 300 g/mol. The van der Waals surface area contributed by atoms with Gasteiger partial charge in [0.15, 0.2) is 6.10 Å². The third-order valence-corrected chi connectivity index (χ3v) is 3.61. The van der Waals surface area contributed by atoms with Crippen molar-refractivity contribution in [3.63, 3.8) is 0 Å². The smallest absolute Gasteiger partial charge is 0.260 e. The van der Waals surface area contributed by atoms with Crippen LogP contribution in [-0.2, 0) is 4.79 Å². The Hall–Kier alpha value is -1.26. The van der Waals surface area contributed by atoms with Gasteiger partial charge in [-0.3, -0.25) is 4.79 Å². The largest absolute Gasteiger partial charge is 0.479 e. The molecule has 1 amide bonds. The number of para-hydroxylation sites is 1. The van der Waals surface area contributed by atoms with Crippen LogP contribution in [0.3, 0.4) is 0 Å². The first-order valence-corrected chi connectivity index (χ1v) is 7.20. The number of aliphatic hydroxyl groups excluding tert-OH is 1. The zero-order valence-corrected chi connectivity index (χ0v) is 12.9. The number of hydrogen-bond donors (Lipinski definition) is 2. The number of ether oxygens (including phenoxy) is 1. The number of rotatable bonds is 7. The van der Waals surface area contributed by atoms with Crippen molar-refractivity contribution in [2.24, 2.45) is 5.92 Å². The van der Waals surface area contributed by atoms with Gasteiger partial charge in [-0.05, 0) is 25.0 Å². The van der Waals surface area contributed by atoms with Crippen LogP contribution in [0.2, 0.25) is 5.02 Å². The normalized spacial score (nSPS) is 15.2. The highest BCUT2D eigenvalue weighted by Gasteiger charge is 2.18. The van der Waals surface area contributed by atoms with Crippen LogP contribution in [0.25, 0.3) is 0 Å². The number of carbonyl (C=O) groups is 1. The summed E-state index contributed by atoms with van der Waals surface area (Å²) in [5.74, 6) is 0.349. The summed E-state index contributed by atoms with van der Waals surface area (Å²) in [6, 6.07) is 7.00. The monoisotopic (exact) mass is 299 g/mol. The van der Waals surface area contributed by atoms with Gasteiger partial charge in [0, 0.05) is 6.54 Å². The molecule has 0 fully saturated rings. The molecule has 1 aromatic carbocycles. The topological polar surface area (TPSA) is 58.6 Å². The molecule has 3 atom stereocenters. The first-order valence-electron chi connectivity index (χ1n) is 6.82. The number of nitrogens with one attached hydrogen (secondary N) is 1. The molecule has 0 aromatic heterocycles. The van der Waals surface area contributed by atoms with Crippen LogP contribution < -0.4 is 10.1 Å². The summed E-state index contributed by atoms with van der Waals surface area (Å²) in [6.45, 7) is 5.82. The molecule has 3 unspecified atom stereocenters. The summed E-state index contributed by atoms with van der Waals surface area (Å²) in [5.41, 5.74) is 0. The Morgan fingerprint density at radius 3 is 2.65 bits per heavy atom. The summed E-state index contributed by atoms with van der Waals surface area (Å²) < 4.78 is 5.50. The number of benzene rings is 1. The number of carbonyl (C=O) groups excluding carboxylic acids is 1. The van der Waals surface area contributed by atoms with Crippen molar-refractivity contribution in [3.05, 3.63) is 29.3 Å². The lowest BCUT2D eigenvalue weighted by atomic mass is 10.0. The molecule has 0 radical (unpaired) electrons. The van der Waals surface area contributed by atoms with Gasteiger partial charge in [-0.1, -0.05) is 44.0 Å². The van der Waals surface area contributed by atoms with Crippen LogP contribution >= 0.6 is 11.6 Å². The van der Waals surface area contributed by atoms with E-state index in [0.29, 0.717) is 10.8 Å². The maximum Gasteiger partial charge on any atom is 0.260 e. The summed E-state index contributed by atoms with van der Waals surface area (Å²) in [5, 5.41) is 13.0. The van der Waals surface area contributed by atoms with Crippen LogP contribution in [0.4, 0.5) is 0 Å². The standard InChI is InChI=1S/C15H22ClNO3/c1-4-10(2)13(18)9-17-15(19)11(3)20-14-8-6-5-7-12(14)16/h5-8,10-11,13,18H,4,9H2,1-3H3,(H,17,19). The number of amides is 1. The highest BCUT2D eigenvalue weighted by Crippen LogP contribution is 2.24. The fourth-order valence-electron chi connectivity index (χ4n) is 1.61. The van der Waals surface area contributed by atoms with E-state index in [1.165, 1.54) is 0 Å². The van der Waals surface area contributed by atoms with E-state index in [9.17, 15) is 9.90 Å². The van der Waals surface area contributed by atoms with E-state index in [1.54, 1.807) is 31.2 Å². The van der Waals surface area contributed by atoms with E-state index in [-0.39, 0.29) is 18.4 Å². The summed E-state index contributed by atoms with van der Waals surface area (Å²) in [6.07, 6.45) is -0.349. The molecular weight excluding hydrogens is 278 g/mol. The van der Waals surface area contributed by atoms with Crippen molar-refractivity contribution in [2.75, 3.05) is 6.54 Å². The Kier molecular flexibility index (Phi) is 6.82. The Labute approximate surface area is 125 Å². The van der Waals surface area contributed by atoms with Gasteiger partial charge in [-0.25, -0.2) is 0 Å². The van der Waals surface area contributed by atoms with Gasteiger partial charge in [-0.2, -0.15) is 0 Å². The minimum Gasteiger partial charge on any atom is -0.479 e. The van der Waals surface area contributed by atoms with E-state index in [0.717, 1.165) is 6.42 Å². The number of hydrogen-bond acceptors (Lipinski definition) is 3. The van der Waals surface area contributed by atoms with Crippen LogP contribution in [0.15, 0.2) is 24.3 Å². The third kappa shape index (κ3) is 5.02. The van der Waals surface area contributed by atoms with Gasteiger partial charge in [-0.15, -0.1) is 0 Å². The van der Waals surface area contributed by atoms with Gasteiger partial charge in [0.2, 0.25) is 0 Å². The molecule has 0 spiro atoms. The molecule has 112 valence electrons. The molecule has 5 heteroatoms. The quantitative estimate of drug-likeness (QED) is 0.814. The molecule has 0 bridgehead atoms. The maximum atomic E-state index is 11.9. The maximum absolute atomic E-state index is 11.9. The van der Waals surface area contributed by atoms with E-state index in [2.05, 4.69) is 5.32 Å². The fraction of sp³-hybridized carbons (Fsp3) is 0.533. The van der Waals surface area contributed by atoms with Crippen molar-refractivity contribution in [1.82, 2.24) is 5.32 Å². The molecule has 0 saturated carbocycles. The Morgan fingerprint density at radius 1 is 1.40 bits per heavy atom. The Morgan fingerprint density at radius 2 is 2.05 bits per heavy atom. The lowest BCUT2D eigenvalue weighted by molar-refractivity contribution is -0.127. The molecule has 0 aliphatic carbocycles. The van der Waals surface area contributed by atoms with Crippen molar-refractivity contribution >= 4 is 17.5 Å². The van der Waals surface area contributed by atoms with Crippen LogP contribution in [0.1, 0.15) is 27.2 Å². The molecule has 0 saturated heterocycles. The molecule has 1 aromatic rings. The SMILES string of the molecule is CCC(C)C(O)CNC(=O)C(C)Oc1ccccc1Cl. The number of halogens is 1. The van der Waals surface area contributed by atoms with E-state index >= 15 is 0 Å². The predicted octanol–water partition coefficient (Wildman–Crippen LogP) is 2.63. The molecule has 0 aliphatic heterocycles. The van der Waals surface area contributed by atoms with E-state index in [4.69, 9.17) is 16.3 Å². The minimum absolute atomic E-state index is 0.148. The molecule has 4 nitrogen and oxygen atoms in total. The average Bonchev–Trinajstić information content (AvgIpc) is 2.45. The van der Waals surface area contributed by atoms with Crippen molar-refractivity contribution in [2.45, 2.75) is 39.4 Å². The highest BCUT2D eigenvalue weighted by atomic mass is 35.5. The number of aliphatic hydroxyl groups is 1. The van der Waals surface area contributed by atoms with Crippen LogP contribution in [0, 0.1) is 5.92 Å². The summed E-state index contributed by atoms with van der Waals surface area (Å²) in [4.78, 5) is 11.9. The molecule has 2 N–H and O–H groups in total. The van der Waals surface area contributed by atoms with Gasteiger partial charge >= 0.3 is 0 Å². The first-order chi connectivity index (χ1) is 9.45. The van der Waals surface area contributed by atoms with Gasteiger partial charge in [0.05, 0.1) is 11.1 Å². The fourth-order valence-corrected chi connectivity index (χ4v) is 1.79. The molecule has 0 heterocycles. The summed E-state index contributed by atoms with van der Waals surface area (Å²) in [7, 11) is 0. The van der Waals surface area contributed by atoms with E-state index < -0.39 is 12.2 Å². The third-order valence-electron chi connectivity index (χ3n) is 3.30. The highest BCUT2D eigenvalue weighted by molar-refractivity contribution is 6.32. The zero-order chi connectivity index (χ0) is 15.1. The van der Waals surface area contributed by atoms with Gasteiger partial charge in [0.25, 0.3) is 5.91 Å². The molecule has 0 aliphatic rings. The second-order valence-electron chi connectivity index (χ2n) is 4.89. The van der Waals surface area contributed by atoms with Crippen LogP contribution in [-0.4, -0.2) is 29.8 Å². The van der Waals surface area contributed by atoms with Gasteiger partial charge in [0.1, 0.15) is 5.75 Å². The Bertz CT molecular complexity index is 439. The second kappa shape index (κ2) is 8.12. The molecule has 1 rings (SSSR count). The lowest BCUT2D eigenvalue weighted by Gasteiger charge is -2.20. The summed E-state index contributed by atoms with van der Waals surface area (Å²) >= 11 is 5.96. The Balaban J connectivity index is 2.46. The second-order valence-corrected chi connectivity index (χ2v) is 5.30. The van der Waals surface area contributed by atoms with Crippen molar-refractivity contribution in [3.8, 4) is 5.75 Å². The van der Waals surface area contributed by atoms with E-state index in [1.807, 2.05) is 13.8 Å². The lowest BCUT2D eigenvalue weighted by Crippen LogP contribution is -2.41. The molecular formula is C15H22ClNO3. The first kappa shape index (κ1) is 16.8. The van der Waals surface area contributed by atoms with Gasteiger partial charge < -0.3 is 15.2 Å². The molecule has 20 heavy (non-hydrogen) atoms. The minimum atomic E-state index is -0.668. The van der Waals surface area contributed by atoms with Crippen molar-refractivity contribution in [1.29, 1.82) is 0 Å². The van der Waals surface area contributed by atoms with Crippen LogP contribution in [0.5, 0.6) is 5.75 Å². The predicted molar refractivity (Wildman–Crippen MR) is 80.0 cm³/mol.